The summed E-state index contributed by atoms with van der Waals surface area (Å²) >= 11 is 0. The summed E-state index contributed by atoms with van der Waals surface area (Å²) in [6.45, 7) is -5.99. The zero-order chi connectivity index (χ0) is 59.0. The second-order valence-electron chi connectivity index (χ2n) is 20.6. The lowest BCUT2D eigenvalue weighted by atomic mass is 9.97. The first-order valence-corrected chi connectivity index (χ1v) is 25.8. The van der Waals surface area contributed by atoms with Crippen LogP contribution in [0.15, 0.2) is 0 Å². The Morgan fingerprint density at radius 2 is 0.481 bits per heavy atom. The highest BCUT2D eigenvalue weighted by atomic mass is 16.8. The average Bonchev–Trinajstić information content (AvgIpc) is 3.50. The van der Waals surface area contributed by atoms with E-state index in [9.17, 15) is 112 Å². The Kier molecular flexibility index (Phi) is 22.7. The average molecular weight is 1200 g/mol. The molecule has 8 fully saturated rings. The molecule has 0 aromatic rings. The Labute approximate surface area is 457 Å². The third-order valence-electron chi connectivity index (χ3n) is 15.2. The molecule has 36 atom stereocenters. The summed E-state index contributed by atoms with van der Waals surface area (Å²) in [5, 5.41) is 232. The molecule has 8 heterocycles. The second-order valence-corrected chi connectivity index (χ2v) is 20.6. The fraction of sp³-hybridized carbons (Fsp3) is 1.00. The smallest absolute Gasteiger partial charge is 0.187 e. The summed E-state index contributed by atoms with van der Waals surface area (Å²) in [4.78, 5) is 0. The number of rotatable bonds is 18. The van der Waals surface area contributed by atoms with Crippen LogP contribution >= 0.6 is 0 Å². The number of aliphatic hydroxyl groups is 22. The lowest BCUT2D eigenvalue weighted by Gasteiger charge is -2.48. The van der Waals surface area contributed by atoms with Crippen LogP contribution in [-0.4, -0.2) is 386 Å². The van der Waals surface area contributed by atoms with Gasteiger partial charge in [-0.15, -0.1) is 0 Å². The predicted octanol–water partition coefficient (Wildman–Crippen LogP) is -15.9. The van der Waals surface area contributed by atoms with E-state index in [0.29, 0.717) is 0 Å². The second kappa shape index (κ2) is 28.1. The molecule has 37 nitrogen and oxygen atoms in total. The van der Waals surface area contributed by atoms with Crippen molar-refractivity contribution in [1.82, 2.24) is 0 Å². The van der Waals surface area contributed by atoms with Crippen molar-refractivity contribution >= 4 is 0 Å². The molecule has 0 unspecified atom stereocenters. The molecule has 81 heavy (non-hydrogen) atoms. The van der Waals surface area contributed by atoms with Crippen LogP contribution in [0.2, 0.25) is 0 Å². The molecule has 472 valence electrons. The normalized spacial score (nSPS) is 54.0. The molecular weight excluding hydrogens is 1120 g/mol. The Hall–Kier alpha value is -1.48. The summed E-state index contributed by atoms with van der Waals surface area (Å²) < 4.78 is 82.7. The summed E-state index contributed by atoms with van der Waals surface area (Å²) in [7, 11) is 0. The van der Waals surface area contributed by atoms with Crippen molar-refractivity contribution in [1.29, 1.82) is 0 Å². The highest BCUT2D eigenvalue weighted by molar-refractivity contribution is 4.99. The highest BCUT2D eigenvalue weighted by Crippen LogP contribution is 2.36. The Bertz CT molecular complexity index is 1920. The largest absolute Gasteiger partial charge is 0.394 e. The highest BCUT2D eigenvalue weighted by Gasteiger charge is 2.56. The first-order chi connectivity index (χ1) is 38.4. The fourth-order valence-corrected chi connectivity index (χ4v) is 10.3. The Balaban J connectivity index is 0.794. The lowest BCUT2D eigenvalue weighted by Crippen LogP contribution is -2.66. The van der Waals surface area contributed by atoms with Crippen LogP contribution in [0.4, 0.5) is 0 Å². The van der Waals surface area contributed by atoms with Crippen LogP contribution in [0.3, 0.4) is 0 Å². The molecule has 22 N–H and O–H groups in total. The quantitative estimate of drug-likeness (QED) is 0.0606. The summed E-state index contributed by atoms with van der Waals surface area (Å²) in [6, 6.07) is 0. The van der Waals surface area contributed by atoms with Gasteiger partial charge in [0.15, 0.2) is 50.3 Å². The maximum Gasteiger partial charge on any atom is 0.187 e. The first kappa shape index (κ1) is 65.5. The van der Waals surface area contributed by atoms with Gasteiger partial charge in [-0.1, -0.05) is 0 Å². The molecule has 0 spiro atoms. The van der Waals surface area contributed by atoms with E-state index in [1.807, 2.05) is 0 Å². The van der Waals surface area contributed by atoms with Gasteiger partial charge in [-0.2, -0.15) is 0 Å². The maximum absolute atomic E-state index is 11.2. The molecule has 0 bridgehead atoms. The number of hydrogen-bond donors (Lipinski definition) is 22. The standard InChI is InChI=1S/C44H74O37/c45-1-9-17(49)22(54)30(62)41(71-9)76-14-6-68-38(27(59)19(14)51)80-35-11(3-47)73-43(32(64)24(35)56)78-16-8-70-40(29(61)21(16)53)81-36-12(4-48)74-44(33(65)25(36)57)77-15-7-69-39(28(60)20(15)52)79-34-10(2-46)72-42(31(63)23(34)55)75-13-5-67-37(66)26(58)18(13)50/h9-66H,1-8H2/t9-,10-,11-,12-,13-,14-,15-,16-,17-,18+,19+,20+,21+,22+,23-,24-,25-,26-,27-,28-,29-,30+,31+,32+,33+,34-,35-,36-,37-,38+,39+,40+,41+,42+,43+,44+/m1/s1. The van der Waals surface area contributed by atoms with E-state index in [-0.39, 0.29) is 0 Å². The van der Waals surface area contributed by atoms with Crippen LogP contribution in [0, 0.1) is 0 Å². The lowest BCUT2D eigenvalue weighted by molar-refractivity contribution is -0.385. The van der Waals surface area contributed by atoms with Gasteiger partial charge in [-0.05, 0) is 0 Å². The number of hydrogen-bond acceptors (Lipinski definition) is 37. The molecule has 0 aromatic heterocycles. The molecule has 0 radical (unpaired) electrons. The summed E-state index contributed by atoms with van der Waals surface area (Å²) in [5.74, 6) is 0. The van der Waals surface area contributed by atoms with E-state index < -0.39 is 274 Å². The van der Waals surface area contributed by atoms with Crippen LogP contribution in [0.1, 0.15) is 0 Å². The van der Waals surface area contributed by atoms with Crippen molar-refractivity contribution in [2.75, 3.05) is 52.9 Å². The topological polar surface area (TPSA) is 584 Å². The van der Waals surface area contributed by atoms with Crippen molar-refractivity contribution in [3.63, 3.8) is 0 Å². The van der Waals surface area contributed by atoms with Crippen molar-refractivity contribution < 1.29 is 183 Å². The van der Waals surface area contributed by atoms with Gasteiger partial charge >= 0.3 is 0 Å². The van der Waals surface area contributed by atoms with Gasteiger partial charge in [0, 0.05) is 0 Å². The van der Waals surface area contributed by atoms with E-state index in [1.54, 1.807) is 0 Å². The monoisotopic (exact) mass is 1190 g/mol. The summed E-state index contributed by atoms with van der Waals surface area (Å²) in [6.07, 6.45) is -64.7. The first-order valence-electron chi connectivity index (χ1n) is 25.8. The minimum absolute atomic E-state index is 0.473. The molecular formula is C44H74O37. The molecule has 8 saturated heterocycles. The molecule has 0 amide bonds. The van der Waals surface area contributed by atoms with E-state index in [2.05, 4.69) is 0 Å². The zero-order valence-electron chi connectivity index (χ0n) is 42.4. The Morgan fingerprint density at radius 1 is 0.235 bits per heavy atom. The number of aliphatic hydroxyl groups excluding tert-OH is 22. The van der Waals surface area contributed by atoms with E-state index in [4.69, 9.17) is 71.1 Å². The van der Waals surface area contributed by atoms with Gasteiger partial charge in [-0.3, -0.25) is 0 Å². The van der Waals surface area contributed by atoms with Gasteiger partial charge in [0.25, 0.3) is 0 Å². The van der Waals surface area contributed by atoms with Gasteiger partial charge in [0.05, 0.1) is 52.9 Å². The zero-order valence-corrected chi connectivity index (χ0v) is 42.4. The van der Waals surface area contributed by atoms with E-state index in [0.717, 1.165) is 0 Å². The van der Waals surface area contributed by atoms with Crippen molar-refractivity contribution in [2.45, 2.75) is 221 Å². The van der Waals surface area contributed by atoms with Crippen LogP contribution in [-0.2, 0) is 71.1 Å². The number of ether oxygens (including phenoxy) is 15. The van der Waals surface area contributed by atoms with Crippen molar-refractivity contribution in [3.05, 3.63) is 0 Å². The van der Waals surface area contributed by atoms with Crippen molar-refractivity contribution in [3.8, 4) is 0 Å². The molecule has 8 aliphatic rings. The molecule has 37 heteroatoms. The summed E-state index contributed by atoms with van der Waals surface area (Å²) in [5.41, 5.74) is 0. The van der Waals surface area contributed by atoms with Crippen molar-refractivity contribution in [2.24, 2.45) is 0 Å². The van der Waals surface area contributed by atoms with Crippen LogP contribution in [0.25, 0.3) is 0 Å². The minimum Gasteiger partial charge on any atom is -0.394 e. The van der Waals surface area contributed by atoms with Gasteiger partial charge < -0.3 is 183 Å². The third-order valence-corrected chi connectivity index (χ3v) is 15.2. The Morgan fingerprint density at radius 3 is 0.778 bits per heavy atom. The van der Waals surface area contributed by atoms with Gasteiger partial charge in [-0.25, -0.2) is 0 Å². The SMILES string of the molecule is OC[C@H]1O[C@@H](O[C@@H]2CO[C@@H](O[C@H]3[C@H](O)[C@H](O)[C@H](O[C@@H]4CO[C@@H](O[C@H]5[C@H](O)[C@H](O)[C@H](O[C@@H]6CO[C@@H](O[C@H]7[C@H](O)[C@H](O)[C@H](O[C@@H]8CO[C@@H](O)[C@H](O)[C@H]8O)O[C@@H]7CO)[C@H](O)[C@H]6O)O[C@@H]5CO)[C@H](O)[C@H]4O)O[C@@H]3CO)[C@H](O)[C@H]2O)[C@@H](O)[C@@H](O)[C@@H]1O. The van der Waals surface area contributed by atoms with Gasteiger partial charge in [0.2, 0.25) is 0 Å². The van der Waals surface area contributed by atoms with Crippen LogP contribution < -0.4 is 0 Å². The van der Waals surface area contributed by atoms with E-state index >= 15 is 0 Å². The fourth-order valence-electron chi connectivity index (χ4n) is 10.3. The maximum atomic E-state index is 11.2. The molecule has 8 rings (SSSR count). The molecule has 8 aliphatic heterocycles. The molecule has 0 saturated carbocycles. The van der Waals surface area contributed by atoms with Crippen LogP contribution in [0.5, 0.6) is 0 Å². The molecule has 0 aliphatic carbocycles. The molecule has 0 aromatic carbocycles. The van der Waals surface area contributed by atoms with Gasteiger partial charge in [0.1, 0.15) is 171 Å². The minimum atomic E-state index is -2.08. The van der Waals surface area contributed by atoms with E-state index in [1.165, 1.54) is 0 Å². The third kappa shape index (κ3) is 13.8. The predicted molar refractivity (Wildman–Crippen MR) is 240 cm³/mol.